The average Bonchev–Trinajstić information content (AvgIpc) is 3.11. The Morgan fingerprint density at radius 3 is 2.67 bits per heavy atom. The number of ether oxygens (including phenoxy) is 1. The van der Waals surface area contributed by atoms with Gasteiger partial charge in [-0.15, -0.1) is 23.1 Å². The van der Waals surface area contributed by atoms with Crippen molar-refractivity contribution in [3.05, 3.63) is 58.3 Å². The van der Waals surface area contributed by atoms with Gasteiger partial charge in [0.05, 0.1) is 6.54 Å². The second-order valence-corrected chi connectivity index (χ2v) is 6.89. The van der Waals surface area contributed by atoms with E-state index >= 15 is 0 Å². The molecule has 0 aliphatic carbocycles. The van der Waals surface area contributed by atoms with Crippen molar-refractivity contribution < 1.29 is 14.3 Å². The molecule has 0 bridgehead atoms. The number of amides is 1. The minimum atomic E-state index is -0.832. The molecule has 0 aliphatic heterocycles. The van der Waals surface area contributed by atoms with Gasteiger partial charge in [0, 0.05) is 15.8 Å². The summed E-state index contributed by atoms with van der Waals surface area (Å²) in [5.41, 5.74) is 0.902. The Bertz CT molecular complexity index is 694. The Hall–Kier alpha value is -2.05. The SMILES string of the molecule is CSc1ccc(/C=C/C(=O)O[C@H](C)C(=O)NCc2cccs2)cc1. The molecule has 1 amide bonds. The smallest absolute Gasteiger partial charge is 0.331 e. The highest BCUT2D eigenvalue weighted by Gasteiger charge is 2.16. The first-order valence-electron chi connectivity index (χ1n) is 7.41. The zero-order valence-corrected chi connectivity index (χ0v) is 15.2. The number of thioether (sulfide) groups is 1. The molecule has 1 N–H and O–H groups in total. The Morgan fingerprint density at radius 1 is 1.29 bits per heavy atom. The van der Waals surface area contributed by atoms with Crippen molar-refractivity contribution in [2.75, 3.05) is 6.26 Å². The highest BCUT2D eigenvalue weighted by Crippen LogP contribution is 2.15. The number of benzene rings is 1. The molecule has 4 nitrogen and oxygen atoms in total. The maximum atomic E-state index is 11.9. The molecule has 24 heavy (non-hydrogen) atoms. The van der Waals surface area contributed by atoms with Gasteiger partial charge in [0.2, 0.25) is 0 Å². The van der Waals surface area contributed by atoms with Crippen molar-refractivity contribution in [1.29, 1.82) is 0 Å². The van der Waals surface area contributed by atoms with Crippen LogP contribution in [0.1, 0.15) is 17.4 Å². The predicted molar refractivity (Wildman–Crippen MR) is 99.0 cm³/mol. The van der Waals surface area contributed by atoms with Crippen molar-refractivity contribution in [2.24, 2.45) is 0 Å². The number of carbonyl (C=O) groups is 2. The van der Waals surface area contributed by atoms with Crippen LogP contribution in [0.2, 0.25) is 0 Å². The zero-order chi connectivity index (χ0) is 17.4. The van der Waals surface area contributed by atoms with Gasteiger partial charge in [-0.3, -0.25) is 4.79 Å². The standard InChI is InChI=1S/C18H19NO3S2/c1-13(18(21)19-12-16-4-3-11-24-16)22-17(20)10-7-14-5-8-15(23-2)9-6-14/h3-11,13H,12H2,1-2H3,(H,19,21)/b10-7+/t13-/m1/s1. The van der Waals surface area contributed by atoms with Gasteiger partial charge in [-0.05, 0) is 48.4 Å². The van der Waals surface area contributed by atoms with E-state index in [4.69, 9.17) is 4.74 Å². The van der Waals surface area contributed by atoms with E-state index in [0.717, 1.165) is 15.3 Å². The second kappa shape index (κ2) is 9.30. The summed E-state index contributed by atoms with van der Waals surface area (Å²) in [4.78, 5) is 25.9. The Morgan fingerprint density at radius 2 is 2.04 bits per heavy atom. The number of nitrogens with one attached hydrogen (secondary N) is 1. The number of hydrogen-bond donors (Lipinski definition) is 1. The number of rotatable bonds is 7. The monoisotopic (exact) mass is 361 g/mol. The summed E-state index contributed by atoms with van der Waals surface area (Å²) in [6.07, 6.45) is 4.17. The Kier molecular flexibility index (Phi) is 7.08. The van der Waals surface area contributed by atoms with Gasteiger partial charge in [-0.2, -0.15) is 0 Å². The van der Waals surface area contributed by atoms with E-state index in [0.29, 0.717) is 6.54 Å². The summed E-state index contributed by atoms with van der Waals surface area (Å²) in [6, 6.07) is 11.7. The lowest BCUT2D eigenvalue weighted by Gasteiger charge is -2.11. The number of carbonyl (C=O) groups excluding carboxylic acids is 2. The second-order valence-electron chi connectivity index (χ2n) is 4.98. The summed E-state index contributed by atoms with van der Waals surface area (Å²) in [5, 5.41) is 4.69. The average molecular weight is 361 g/mol. The highest BCUT2D eigenvalue weighted by molar-refractivity contribution is 7.98. The molecule has 0 fully saturated rings. The van der Waals surface area contributed by atoms with Gasteiger partial charge >= 0.3 is 5.97 Å². The normalized spacial score (nSPS) is 12.1. The molecule has 0 spiro atoms. The van der Waals surface area contributed by atoms with Gasteiger partial charge in [0.15, 0.2) is 6.10 Å². The molecule has 0 aliphatic rings. The van der Waals surface area contributed by atoms with E-state index in [1.165, 1.54) is 6.08 Å². The Labute approximate surface area is 149 Å². The fraction of sp³-hybridized carbons (Fsp3) is 0.222. The van der Waals surface area contributed by atoms with E-state index in [2.05, 4.69) is 5.32 Å². The van der Waals surface area contributed by atoms with Crippen LogP contribution in [0.3, 0.4) is 0 Å². The third-order valence-electron chi connectivity index (χ3n) is 3.21. The third kappa shape index (κ3) is 5.86. The summed E-state index contributed by atoms with van der Waals surface area (Å²) in [5.74, 6) is -0.850. The van der Waals surface area contributed by atoms with Crippen molar-refractivity contribution >= 4 is 41.1 Å². The quantitative estimate of drug-likeness (QED) is 0.464. The number of hydrogen-bond acceptors (Lipinski definition) is 5. The van der Waals surface area contributed by atoms with Gasteiger partial charge in [-0.1, -0.05) is 18.2 Å². The minimum absolute atomic E-state index is 0.311. The van der Waals surface area contributed by atoms with Crippen molar-refractivity contribution in [2.45, 2.75) is 24.5 Å². The molecule has 126 valence electrons. The van der Waals surface area contributed by atoms with Crippen LogP contribution in [0, 0.1) is 0 Å². The van der Waals surface area contributed by atoms with Gasteiger partial charge < -0.3 is 10.1 Å². The van der Waals surface area contributed by atoms with Crippen LogP contribution < -0.4 is 5.32 Å². The van der Waals surface area contributed by atoms with Crippen LogP contribution >= 0.6 is 23.1 Å². The zero-order valence-electron chi connectivity index (χ0n) is 13.5. The van der Waals surface area contributed by atoms with Gasteiger partial charge in [0.1, 0.15) is 0 Å². The van der Waals surface area contributed by atoms with Crippen LogP contribution in [0.4, 0.5) is 0 Å². The molecule has 0 saturated carbocycles. The molecular weight excluding hydrogens is 342 g/mol. The lowest BCUT2D eigenvalue weighted by Crippen LogP contribution is -2.34. The lowest BCUT2D eigenvalue weighted by atomic mass is 10.2. The van der Waals surface area contributed by atoms with Crippen LogP contribution in [0.25, 0.3) is 6.08 Å². The molecule has 2 aromatic rings. The van der Waals surface area contributed by atoms with Gasteiger partial charge in [0.25, 0.3) is 5.91 Å². The first-order chi connectivity index (χ1) is 11.6. The summed E-state index contributed by atoms with van der Waals surface area (Å²) >= 11 is 3.22. The predicted octanol–water partition coefficient (Wildman–Crippen LogP) is 3.73. The molecule has 1 atom stereocenters. The number of thiophene rings is 1. The molecule has 2 rings (SSSR count). The first-order valence-corrected chi connectivity index (χ1v) is 9.52. The largest absolute Gasteiger partial charge is 0.449 e. The maximum absolute atomic E-state index is 11.9. The van der Waals surface area contributed by atoms with Crippen molar-refractivity contribution in [3.63, 3.8) is 0 Å². The fourth-order valence-electron chi connectivity index (χ4n) is 1.88. The minimum Gasteiger partial charge on any atom is -0.449 e. The molecule has 1 aromatic carbocycles. The molecule has 1 heterocycles. The van der Waals surface area contributed by atoms with Crippen LogP contribution in [-0.2, 0) is 20.9 Å². The maximum Gasteiger partial charge on any atom is 0.331 e. The van der Waals surface area contributed by atoms with Crippen LogP contribution in [0.5, 0.6) is 0 Å². The summed E-state index contributed by atoms with van der Waals surface area (Å²) in [6.45, 7) is 2.00. The van der Waals surface area contributed by atoms with E-state index in [9.17, 15) is 9.59 Å². The molecular formula is C18H19NO3S2. The number of esters is 1. The van der Waals surface area contributed by atoms with E-state index in [1.54, 1.807) is 36.1 Å². The molecule has 0 radical (unpaired) electrons. The third-order valence-corrected chi connectivity index (χ3v) is 4.83. The first kappa shape index (κ1) is 18.3. The van der Waals surface area contributed by atoms with Gasteiger partial charge in [-0.25, -0.2) is 4.79 Å². The van der Waals surface area contributed by atoms with E-state index < -0.39 is 12.1 Å². The molecule has 1 aromatic heterocycles. The van der Waals surface area contributed by atoms with Crippen LogP contribution in [-0.4, -0.2) is 24.2 Å². The lowest BCUT2D eigenvalue weighted by molar-refractivity contribution is -0.150. The highest BCUT2D eigenvalue weighted by atomic mass is 32.2. The van der Waals surface area contributed by atoms with Crippen molar-refractivity contribution in [1.82, 2.24) is 5.32 Å². The van der Waals surface area contributed by atoms with E-state index in [1.807, 2.05) is 48.0 Å². The topological polar surface area (TPSA) is 55.4 Å². The molecule has 0 unspecified atom stereocenters. The summed E-state index contributed by atoms with van der Waals surface area (Å²) in [7, 11) is 0. The summed E-state index contributed by atoms with van der Waals surface area (Å²) < 4.78 is 5.11. The van der Waals surface area contributed by atoms with Crippen molar-refractivity contribution in [3.8, 4) is 0 Å². The van der Waals surface area contributed by atoms with E-state index in [-0.39, 0.29) is 5.91 Å². The fourth-order valence-corrected chi connectivity index (χ4v) is 2.93. The van der Waals surface area contributed by atoms with Crippen LogP contribution in [0.15, 0.2) is 52.7 Å². The molecule has 0 saturated heterocycles. The Balaban J connectivity index is 1.79. The molecule has 6 heteroatoms.